The molecule has 3 rings (SSSR count). The number of rotatable bonds is 4. The second kappa shape index (κ2) is 5.52. The normalized spacial score (nSPS) is 12.3. The van der Waals surface area contributed by atoms with Gasteiger partial charge >= 0.3 is 0 Å². The Labute approximate surface area is 128 Å². The van der Waals surface area contributed by atoms with Gasteiger partial charge in [-0.1, -0.05) is 12.1 Å². The summed E-state index contributed by atoms with van der Waals surface area (Å²) in [5.41, 5.74) is 8.24. The van der Waals surface area contributed by atoms with E-state index in [2.05, 4.69) is 4.98 Å². The molecule has 0 aliphatic carbocycles. The Hall–Kier alpha value is -2.82. The molecule has 1 unspecified atom stereocenters. The number of benzene rings is 1. The second-order valence-electron chi connectivity index (χ2n) is 5.21. The SMILES string of the molecule is CC(Oc1cccc(-c2ccnc3c2ccn3C)c1)C(N)=O. The molecular formula is C17H17N3O2. The van der Waals surface area contributed by atoms with Gasteiger partial charge < -0.3 is 15.0 Å². The van der Waals surface area contributed by atoms with Gasteiger partial charge in [0, 0.05) is 24.8 Å². The standard InChI is InChI=1S/C17H17N3O2/c1-11(16(18)21)22-13-5-3-4-12(10-13)14-6-8-19-17-15(14)7-9-20(17)2/h3-11H,1-2H3,(H2,18,21). The number of hydrogen-bond acceptors (Lipinski definition) is 3. The summed E-state index contributed by atoms with van der Waals surface area (Å²) in [6.45, 7) is 1.64. The van der Waals surface area contributed by atoms with Crippen LogP contribution in [-0.2, 0) is 11.8 Å². The minimum Gasteiger partial charge on any atom is -0.481 e. The van der Waals surface area contributed by atoms with E-state index in [4.69, 9.17) is 10.5 Å². The van der Waals surface area contributed by atoms with Crippen LogP contribution in [-0.4, -0.2) is 21.6 Å². The molecule has 0 saturated heterocycles. The Balaban J connectivity index is 2.02. The molecule has 0 fully saturated rings. The van der Waals surface area contributed by atoms with Gasteiger partial charge in [-0.25, -0.2) is 4.98 Å². The van der Waals surface area contributed by atoms with Crippen LogP contribution in [0.3, 0.4) is 0 Å². The predicted octanol–water partition coefficient (Wildman–Crippen LogP) is 2.49. The molecule has 0 aliphatic rings. The highest BCUT2D eigenvalue weighted by Crippen LogP contribution is 2.30. The van der Waals surface area contributed by atoms with Crippen molar-refractivity contribution in [1.29, 1.82) is 0 Å². The summed E-state index contributed by atoms with van der Waals surface area (Å²) >= 11 is 0. The molecule has 5 nitrogen and oxygen atoms in total. The van der Waals surface area contributed by atoms with E-state index in [9.17, 15) is 4.79 Å². The highest BCUT2D eigenvalue weighted by atomic mass is 16.5. The molecule has 0 bridgehead atoms. The molecule has 1 atom stereocenters. The van der Waals surface area contributed by atoms with Crippen LogP contribution in [0.5, 0.6) is 5.75 Å². The molecular weight excluding hydrogens is 278 g/mol. The van der Waals surface area contributed by atoms with Gasteiger partial charge in [0.2, 0.25) is 0 Å². The van der Waals surface area contributed by atoms with Crippen LogP contribution < -0.4 is 10.5 Å². The molecule has 1 amide bonds. The van der Waals surface area contributed by atoms with Crippen LogP contribution in [0.4, 0.5) is 0 Å². The average Bonchev–Trinajstić information content (AvgIpc) is 2.89. The Morgan fingerprint density at radius 3 is 2.91 bits per heavy atom. The van der Waals surface area contributed by atoms with Gasteiger partial charge in [-0.3, -0.25) is 4.79 Å². The molecule has 22 heavy (non-hydrogen) atoms. The van der Waals surface area contributed by atoms with Crippen LogP contribution in [0.15, 0.2) is 48.8 Å². The minimum atomic E-state index is -0.663. The summed E-state index contributed by atoms with van der Waals surface area (Å²) in [6.07, 6.45) is 3.11. The summed E-state index contributed by atoms with van der Waals surface area (Å²) in [6, 6.07) is 11.6. The number of aryl methyl sites for hydroxylation is 1. The maximum atomic E-state index is 11.1. The van der Waals surface area contributed by atoms with Crippen LogP contribution in [0.2, 0.25) is 0 Å². The number of nitrogens with two attached hydrogens (primary N) is 1. The third-order valence-electron chi connectivity index (χ3n) is 3.63. The van der Waals surface area contributed by atoms with E-state index in [1.54, 1.807) is 13.1 Å². The Kier molecular flexibility index (Phi) is 3.55. The smallest absolute Gasteiger partial charge is 0.258 e. The van der Waals surface area contributed by atoms with Crippen molar-refractivity contribution in [2.45, 2.75) is 13.0 Å². The Morgan fingerprint density at radius 1 is 1.32 bits per heavy atom. The highest BCUT2D eigenvalue weighted by molar-refractivity contribution is 5.93. The number of hydrogen-bond donors (Lipinski definition) is 1. The number of amides is 1. The zero-order chi connectivity index (χ0) is 15.7. The molecule has 112 valence electrons. The van der Waals surface area contributed by atoms with Gasteiger partial charge in [0.05, 0.1) is 0 Å². The van der Waals surface area contributed by atoms with Crippen molar-refractivity contribution in [3.05, 3.63) is 48.8 Å². The Morgan fingerprint density at radius 2 is 2.14 bits per heavy atom. The highest BCUT2D eigenvalue weighted by Gasteiger charge is 2.12. The molecule has 0 saturated carbocycles. The van der Waals surface area contributed by atoms with E-state index < -0.39 is 12.0 Å². The third-order valence-corrected chi connectivity index (χ3v) is 3.63. The van der Waals surface area contributed by atoms with Gasteiger partial charge in [-0.05, 0) is 42.3 Å². The summed E-state index contributed by atoms with van der Waals surface area (Å²) < 4.78 is 7.54. The molecule has 3 aromatic rings. The van der Waals surface area contributed by atoms with E-state index >= 15 is 0 Å². The first kappa shape index (κ1) is 14.1. The van der Waals surface area contributed by atoms with Gasteiger partial charge in [0.1, 0.15) is 11.4 Å². The maximum absolute atomic E-state index is 11.1. The van der Waals surface area contributed by atoms with Gasteiger partial charge in [-0.2, -0.15) is 0 Å². The second-order valence-corrected chi connectivity index (χ2v) is 5.21. The fraction of sp³-hybridized carbons (Fsp3) is 0.176. The number of primary amides is 1. The zero-order valence-electron chi connectivity index (χ0n) is 12.5. The van der Waals surface area contributed by atoms with E-state index in [-0.39, 0.29) is 0 Å². The fourth-order valence-electron chi connectivity index (χ4n) is 2.42. The number of nitrogens with zero attached hydrogens (tertiary/aromatic N) is 2. The van der Waals surface area contributed by atoms with Crippen molar-refractivity contribution in [2.24, 2.45) is 12.8 Å². The number of aromatic nitrogens is 2. The first-order chi connectivity index (χ1) is 10.6. The average molecular weight is 295 g/mol. The number of ether oxygens (including phenoxy) is 1. The molecule has 5 heteroatoms. The summed E-state index contributed by atoms with van der Waals surface area (Å²) in [5, 5.41) is 1.07. The number of carbonyl (C=O) groups is 1. The van der Waals surface area contributed by atoms with Crippen molar-refractivity contribution >= 4 is 16.9 Å². The Bertz CT molecular complexity index is 839. The predicted molar refractivity (Wildman–Crippen MR) is 85.4 cm³/mol. The van der Waals surface area contributed by atoms with Crippen molar-refractivity contribution in [3.63, 3.8) is 0 Å². The molecule has 2 heterocycles. The van der Waals surface area contributed by atoms with Crippen LogP contribution >= 0.6 is 0 Å². The topological polar surface area (TPSA) is 70.1 Å². The van der Waals surface area contributed by atoms with E-state index in [1.165, 1.54) is 0 Å². The number of carbonyl (C=O) groups excluding carboxylic acids is 1. The summed E-state index contributed by atoms with van der Waals surface area (Å²) in [7, 11) is 1.97. The van der Waals surface area contributed by atoms with Gasteiger partial charge in [0.25, 0.3) is 5.91 Å². The van der Waals surface area contributed by atoms with Gasteiger partial charge in [0.15, 0.2) is 6.10 Å². The lowest BCUT2D eigenvalue weighted by Gasteiger charge is -2.12. The molecule has 0 spiro atoms. The van der Waals surface area contributed by atoms with Crippen LogP contribution in [0, 0.1) is 0 Å². The van der Waals surface area contributed by atoms with Gasteiger partial charge in [-0.15, -0.1) is 0 Å². The first-order valence-electron chi connectivity index (χ1n) is 7.02. The van der Waals surface area contributed by atoms with Crippen molar-refractivity contribution in [3.8, 4) is 16.9 Å². The summed E-state index contributed by atoms with van der Waals surface area (Å²) in [4.78, 5) is 15.5. The lowest BCUT2D eigenvalue weighted by molar-refractivity contribution is -0.123. The molecule has 0 aliphatic heterocycles. The lowest BCUT2D eigenvalue weighted by Crippen LogP contribution is -2.30. The quantitative estimate of drug-likeness (QED) is 0.804. The molecule has 2 N–H and O–H groups in total. The maximum Gasteiger partial charge on any atom is 0.258 e. The lowest BCUT2D eigenvalue weighted by atomic mass is 10.0. The zero-order valence-corrected chi connectivity index (χ0v) is 12.5. The number of fused-ring (bicyclic) bond motifs is 1. The van der Waals surface area contributed by atoms with E-state index in [1.807, 2.05) is 54.2 Å². The fourth-order valence-corrected chi connectivity index (χ4v) is 2.42. The van der Waals surface area contributed by atoms with Crippen LogP contribution in [0.25, 0.3) is 22.2 Å². The number of pyridine rings is 1. The molecule has 0 radical (unpaired) electrons. The van der Waals surface area contributed by atoms with Crippen molar-refractivity contribution < 1.29 is 9.53 Å². The van der Waals surface area contributed by atoms with Crippen LogP contribution in [0.1, 0.15) is 6.92 Å². The molecule has 1 aromatic carbocycles. The summed E-state index contributed by atoms with van der Waals surface area (Å²) in [5.74, 6) is 0.129. The monoisotopic (exact) mass is 295 g/mol. The third kappa shape index (κ3) is 2.53. The van der Waals surface area contributed by atoms with Crippen molar-refractivity contribution in [1.82, 2.24) is 9.55 Å². The largest absolute Gasteiger partial charge is 0.481 e. The van der Waals surface area contributed by atoms with E-state index in [0.29, 0.717) is 5.75 Å². The minimum absolute atomic E-state index is 0.486. The molecule has 2 aromatic heterocycles. The van der Waals surface area contributed by atoms with Crippen molar-refractivity contribution in [2.75, 3.05) is 0 Å². The first-order valence-corrected chi connectivity index (χ1v) is 7.02. The van der Waals surface area contributed by atoms with E-state index in [0.717, 1.165) is 22.2 Å².